The quantitative estimate of drug-likeness (QED) is 0.240. The van der Waals surface area contributed by atoms with Gasteiger partial charge in [-0.05, 0) is 0 Å². The minimum atomic E-state index is -4.65. The fraction of sp³-hybridized carbons (Fsp3) is 0. The van der Waals surface area contributed by atoms with Crippen LogP contribution in [0, 0.1) is 0 Å². The minimum absolute atomic E-state index is 0. The third-order valence-corrected chi connectivity index (χ3v) is 24.0. The van der Waals surface area contributed by atoms with Gasteiger partial charge in [-0.3, -0.25) is 0 Å². The van der Waals surface area contributed by atoms with Gasteiger partial charge in [-0.15, -0.1) is 0 Å². The molecule has 10 N–H and O–H groups in total. The van der Waals surface area contributed by atoms with E-state index in [1.54, 1.807) is 0 Å². The first kappa shape index (κ1) is 31.0. The Balaban J connectivity index is -0.000000324. The molecule has 22 heteroatoms. The van der Waals surface area contributed by atoms with Crippen LogP contribution in [0.4, 0.5) is 0 Å². The Morgan fingerprint density at radius 2 is 0.864 bits per heavy atom. The Bertz CT molecular complexity index is 535. The monoisotopic (exact) mass is 796 g/mol. The molecule has 2 fully saturated rings. The molecule has 0 aromatic rings. The molecule has 2 saturated heterocycles. The van der Waals surface area contributed by atoms with E-state index in [1.165, 1.54) is 0 Å². The molecule has 17 nitrogen and oxygen atoms in total. The summed E-state index contributed by atoms with van der Waals surface area (Å²) < 4.78 is 87.7. The number of rotatable bonds is 4. The Kier molecular flexibility index (Phi) is 14.4. The van der Waals surface area contributed by atoms with E-state index in [2.05, 4.69) is 13.6 Å². The first-order valence-corrected chi connectivity index (χ1v) is 15.6. The van der Waals surface area contributed by atoms with Crippen LogP contribution in [0.25, 0.3) is 0 Å². The van der Waals surface area contributed by atoms with Crippen LogP contribution >= 0.6 is 0 Å². The van der Waals surface area contributed by atoms with Gasteiger partial charge in [0.05, 0.1) is 0 Å². The molecule has 0 saturated carbocycles. The third kappa shape index (κ3) is 8.87. The molecule has 0 unspecified atom stereocenters. The molecule has 0 spiro atoms. The Morgan fingerprint density at radius 3 is 1.05 bits per heavy atom. The van der Waals surface area contributed by atoms with Crippen molar-refractivity contribution in [3.63, 3.8) is 0 Å². The van der Waals surface area contributed by atoms with Crippen molar-refractivity contribution in [3.05, 3.63) is 0 Å². The van der Waals surface area contributed by atoms with Crippen LogP contribution in [0.3, 0.4) is 0 Å². The zero-order valence-electron chi connectivity index (χ0n) is 9.52. The first-order valence-electron chi connectivity index (χ1n) is 3.10. The van der Waals surface area contributed by atoms with Crippen molar-refractivity contribution < 1.29 is 66.2 Å². The Morgan fingerprint density at radius 1 is 0.636 bits per heavy atom. The summed E-state index contributed by atoms with van der Waals surface area (Å²) in [5.41, 5.74) is 0. The maximum absolute atomic E-state index is 11.0. The fourth-order valence-corrected chi connectivity index (χ4v) is 19.1. The summed E-state index contributed by atoms with van der Waals surface area (Å²) in [6.45, 7) is 0. The van der Waals surface area contributed by atoms with Crippen LogP contribution in [0.2, 0.25) is 0 Å². The molecule has 0 atom stereocenters. The van der Waals surface area contributed by atoms with Crippen molar-refractivity contribution in [2.75, 3.05) is 0 Å². The second-order valence-corrected chi connectivity index (χ2v) is 19.4. The molecule has 0 amide bonds. The van der Waals surface area contributed by atoms with Gasteiger partial charge in [-0.25, -0.2) is 0 Å². The molecule has 22 heavy (non-hydrogen) atoms. The average molecular weight is 796 g/mol. The van der Waals surface area contributed by atoms with Crippen LogP contribution in [0.5, 0.6) is 0 Å². The van der Waals surface area contributed by atoms with Gasteiger partial charge in [-0.2, -0.15) is 0 Å². The summed E-state index contributed by atoms with van der Waals surface area (Å²) in [6.07, 6.45) is 0. The van der Waals surface area contributed by atoms with Crippen LogP contribution in [-0.4, -0.2) is 98.8 Å². The Labute approximate surface area is 142 Å². The van der Waals surface area contributed by atoms with Crippen molar-refractivity contribution in [2.24, 2.45) is 0 Å². The van der Waals surface area contributed by atoms with Crippen molar-refractivity contribution in [2.45, 2.75) is 0 Å². The third-order valence-electron chi connectivity index (χ3n) is 0.913. The van der Waals surface area contributed by atoms with Crippen molar-refractivity contribution in [3.8, 4) is 0 Å². The molecule has 2 aliphatic rings. The zero-order valence-corrected chi connectivity index (χ0v) is 18.9. The summed E-state index contributed by atoms with van der Waals surface area (Å²) in [5, 5.41) is 0. The molecule has 0 aromatic carbocycles. The molecule has 2 heterocycles. The van der Waals surface area contributed by atoms with E-state index >= 15 is 0 Å². The summed E-state index contributed by atoms with van der Waals surface area (Å²) in [4.78, 5) is 0. The van der Waals surface area contributed by atoms with Gasteiger partial charge in [0.15, 0.2) is 0 Å². The standard InChI is InChI=1S/2Bi.3H2O4S.5H2O/c;;3*1-5(2,3)4;;;;;/h;;3*(H2,1,2,3,4);5*1H2/q2*+3;;;;;;;;/p-6. The van der Waals surface area contributed by atoms with E-state index in [-0.39, 0.29) is 27.4 Å². The van der Waals surface area contributed by atoms with E-state index in [9.17, 15) is 25.3 Å². The fourth-order valence-electron chi connectivity index (χ4n) is 0.522. The summed E-state index contributed by atoms with van der Waals surface area (Å²) in [7, 11) is -12.9. The van der Waals surface area contributed by atoms with Gasteiger partial charge < -0.3 is 27.4 Å². The average Bonchev–Trinajstić information content (AvgIpc) is 1.94. The molecule has 0 radical (unpaired) electrons. The van der Waals surface area contributed by atoms with E-state index in [4.69, 9.17) is 0 Å². The van der Waals surface area contributed by atoms with Crippen LogP contribution in [-0.2, 0) is 44.8 Å². The number of hydrogen-bond donors (Lipinski definition) is 0. The molecule has 0 aliphatic carbocycles. The van der Waals surface area contributed by atoms with E-state index < -0.39 is 77.3 Å². The van der Waals surface area contributed by atoms with Gasteiger partial charge in [0, 0.05) is 0 Å². The summed E-state index contributed by atoms with van der Waals surface area (Å²) in [6, 6.07) is 0. The van der Waals surface area contributed by atoms with Gasteiger partial charge in [0.2, 0.25) is 0 Å². The van der Waals surface area contributed by atoms with Crippen LogP contribution in [0.15, 0.2) is 0 Å². The van der Waals surface area contributed by atoms with E-state index in [0.29, 0.717) is 0 Å². The predicted molar refractivity (Wildman–Crippen MR) is 62.8 cm³/mol. The van der Waals surface area contributed by atoms with Crippen LogP contribution < -0.4 is 0 Å². The molecule has 2 rings (SSSR count). The van der Waals surface area contributed by atoms with Crippen molar-refractivity contribution >= 4 is 77.3 Å². The Hall–Kier alpha value is 1.18. The molecular weight excluding hydrogens is 786 g/mol. The molecule has 2 aliphatic heterocycles. The van der Waals surface area contributed by atoms with Gasteiger partial charge in [-0.1, -0.05) is 0 Å². The number of hydrogen-bond acceptors (Lipinski definition) is 12. The van der Waals surface area contributed by atoms with E-state index in [0.717, 1.165) is 0 Å². The zero-order chi connectivity index (χ0) is 12.9. The predicted octanol–water partition coefficient (Wildman–Crippen LogP) is -7.31. The molecular formula is H10Bi2O17S3. The van der Waals surface area contributed by atoms with Gasteiger partial charge >= 0.3 is 116 Å². The van der Waals surface area contributed by atoms with Crippen molar-refractivity contribution in [1.82, 2.24) is 0 Å². The summed E-state index contributed by atoms with van der Waals surface area (Å²) >= 11 is -7.98. The first-order chi connectivity index (χ1) is 7.57. The van der Waals surface area contributed by atoms with Crippen molar-refractivity contribution in [1.29, 1.82) is 0 Å². The second kappa shape index (κ2) is 10.2. The molecule has 0 bridgehead atoms. The second-order valence-electron chi connectivity index (χ2n) is 2.12. The van der Waals surface area contributed by atoms with E-state index in [1.807, 2.05) is 0 Å². The summed E-state index contributed by atoms with van der Waals surface area (Å²) in [5.74, 6) is 0. The maximum atomic E-state index is 11.0. The molecule has 140 valence electrons. The normalized spacial score (nSPS) is 21.8. The van der Waals surface area contributed by atoms with Crippen LogP contribution in [0.1, 0.15) is 0 Å². The molecule has 0 aromatic heterocycles. The topological polar surface area (TPSA) is 315 Å². The SMILES string of the molecule is O.O.O.O.O.O=S1(=O)[O][Bi]([O]S(=O)(=O)[O][Bi]2[O]S(=O)(=O)[O]2)[O]1. The van der Waals surface area contributed by atoms with Gasteiger partial charge in [0.25, 0.3) is 0 Å². The van der Waals surface area contributed by atoms with Gasteiger partial charge in [0.1, 0.15) is 0 Å².